The van der Waals surface area contributed by atoms with E-state index in [1.807, 2.05) is 12.1 Å². The van der Waals surface area contributed by atoms with Crippen molar-refractivity contribution in [2.75, 3.05) is 39.4 Å². The number of nitrogens with one attached hydrogen (secondary N) is 2. The highest BCUT2D eigenvalue weighted by molar-refractivity contribution is 5.73. The summed E-state index contributed by atoms with van der Waals surface area (Å²) in [5, 5.41) is 5.69. The Morgan fingerprint density at radius 2 is 2.00 bits per heavy atom. The SMILES string of the molecule is O=C(NCCCN1CCOCC1)NCc1ccncc1. The second-order valence-corrected chi connectivity index (χ2v) is 4.77. The van der Waals surface area contributed by atoms with Gasteiger partial charge in [-0.2, -0.15) is 0 Å². The van der Waals surface area contributed by atoms with E-state index in [2.05, 4.69) is 20.5 Å². The maximum Gasteiger partial charge on any atom is 0.315 e. The van der Waals surface area contributed by atoms with Crippen molar-refractivity contribution in [3.05, 3.63) is 30.1 Å². The topological polar surface area (TPSA) is 66.5 Å². The highest BCUT2D eigenvalue weighted by atomic mass is 16.5. The Morgan fingerprint density at radius 3 is 2.75 bits per heavy atom. The number of hydrogen-bond acceptors (Lipinski definition) is 4. The molecule has 1 saturated heterocycles. The number of ether oxygens (including phenoxy) is 1. The monoisotopic (exact) mass is 278 g/mol. The summed E-state index contributed by atoms with van der Waals surface area (Å²) in [5.41, 5.74) is 1.04. The van der Waals surface area contributed by atoms with Gasteiger partial charge in [-0.3, -0.25) is 9.88 Å². The Labute approximate surface area is 119 Å². The summed E-state index contributed by atoms with van der Waals surface area (Å²) in [6.45, 7) is 5.85. The van der Waals surface area contributed by atoms with E-state index >= 15 is 0 Å². The molecule has 0 aromatic carbocycles. The van der Waals surface area contributed by atoms with E-state index in [-0.39, 0.29) is 6.03 Å². The Balaban J connectivity index is 1.51. The van der Waals surface area contributed by atoms with Gasteiger partial charge in [0.1, 0.15) is 0 Å². The molecule has 2 heterocycles. The van der Waals surface area contributed by atoms with Crippen molar-refractivity contribution in [1.82, 2.24) is 20.5 Å². The molecule has 0 aliphatic carbocycles. The van der Waals surface area contributed by atoms with Gasteiger partial charge >= 0.3 is 6.03 Å². The van der Waals surface area contributed by atoms with E-state index in [0.717, 1.165) is 44.8 Å². The Hall–Kier alpha value is -1.66. The first-order chi connectivity index (χ1) is 9.84. The molecule has 1 aromatic heterocycles. The van der Waals surface area contributed by atoms with Gasteiger partial charge < -0.3 is 15.4 Å². The number of carbonyl (C=O) groups is 1. The highest BCUT2D eigenvalue weighted by Crippen LogP contribution is 1.97. The molecule has 6 nitrogen and oxygen atoms in total. The molecule has 1 aliphatic rings. The zero-order valence-electron chi connectivity index (χ0n) is 11.7. The van der Waals surface area contributed by atoms with Crippen LogP contribution >= 0.6 is 0 Å². The van der Waals surface area contributed by atoms with Gasteiger partial charge in [-0.1, -0.05) is 0 Å². The molecule has 0 radical (unpaired) electrons. The van der Waals surface area contributed by atoms with Crippen molar-refractivity contribution in [1.29, 1.82) is 0 Å². The van der Waals surface area contributed by atoms with Crippen LogP contribution in [0.5, 0.6) is 0 Å². The summed E-state index contributed by atoms with van der Waals surface area (Å²) in [4.78, 5) is 17.9. The van der Waals surface area contributed by atoms with Crippen molar-refractivity contribution in [3.63, 3.8) is 0 Å². The zero-order chi connectivity index (χ0) is 14.0. The Bertz CT molecular complexity index is 393. The minimum atomic E-state index is -0.121. The van der Waals surface area contributed by atoms with Gasteiger partial charge in [0.15, 0.2) is 0 Å². The number of pyridine rings is 1. The maximum atomic E-state index is 11.6. The molecule has 1 aromatic rings. The lowest BCUT2D eigenvalue weighted by molar-refractivity contribution is 0.0375. The summed E-state index contributed by atoms with van der Waals surface area (Å²) >= 11 is 0. The summed E-state index contributed by atoms with van der Waals surface area (Å²) in [6.07, 6.45) is 4.40. The smallest absolute Gasteiger partial charge is 0.315 e. The molecule has 20 heavy (non-hydrogen) atoms. The van der Waals surface area contributed by atoms with Crippen molar-refractivity contribution in [3.8, 4) is 0 Å². The van der Waals surface area contributed by atoms with Gasteiger partial charge in [0.05, 0.1) is 13.2 Å². The van der Waals surface area contributed by atoms with Gasteiger partial charge in [-0.05, 0) is 30.7 Å². The molecule has 2 amide bonds. The van der Waals surface area contributed by atoms with Crippen LogP contribution in [0.25, 0.3) is 0 Å². The molecular weight excluding hydrogens is 256 g/mol. The van der Waals surface area contributed by atoms with Crippen LogP contribution in [0.1, 0.15) is 12.0 Å². The van der Waals surface area contributed by atoms with Crippen LogP contribution in [0.15, 0.2) is 24.5 Å². The third-order valence-electron chi connectivity index (χ3n) is 3.24. The van der Waals surface area contributed by atoms with Crippen LogP contribution in [0.2, 0.25) is 0 Å². The average molecular weight is 278 g/mol. The van der Waals surface area contributed by atoms with E-state index in [1.54, 1.807) is 12.4 Å². The van der Waals surface area contributed by atoms with Crippen LogP contribution in [-0.2, 0) is 11.3 Å². The van der Waals surface area contributed by atoms with Crippen molar-refractivity contribution < 1.29 is 9.53 Å². The quantitative estimate of drug-likeness (QED) is 0.748. The Morgan fingerprint density at radius 1 is 1.25 bits per heavy atom. The van der Waals surface area contributed by atoms with E-state index < -0.39 is 0 Å². The van der Waals surface area contributed by atoms with Gasteiger partial charge in [-0.15, -0.1) is 0 Å². The van der Waals surface area contributed by atoms with Crippen LogP contribution < -0.4 is 10.6 Å². The molecule has 1 aliphatic heterocycles. The maximum absolute atomic E-state index is 11.6. The summed E-state index contributed by atoms with van der Waals surface area (Å²) in [5.74, 6) is 0. The third kappa shape index (κ3) is 5.54. The van der Waals surface area contributed by atoms with Gasteiger partial charge in [0.2, 0.25) is 0 Å². The van der Waals surface area contributed by atoms with Gasteiger partial charge in [-0.25, -0.2) is 4.79 Å². The molecule has 1 fully saturated rings. The number of hydrogen-bond donors (Lipinski definition) is 2. The second kappa shape index (κ2) is 8.50. The van der Waals surface area contributed by atoms with Crippen LogP contribution in [0, 0.1) is 0 Å². The third-order valence-corrected chi connectivity index (χ3v) is 3.24. The van der Waals surface area contributed by atoms with Crippen LogP contribution in [-0.4, -0.2) is 55.3 Å². The number of nitrogens with zero attached hydrogens (tertiary/aromatic N) is 2. The molecule has 2 rings (SSSR count). The minimum Gasteiger partial charge on any atom is -0.379 e. The first-order valence-corrected chi connectivity index (χ1v) is 7.05. The minimum absolute atomic E-state index is 0.121. The number of rotatable bonds is 6. The lowest BCUT2D eigenvalue weighted by atomic mass is 10.3. The van der Waals surface area contributed by atoms with Crippen molar-refractivity contribution in [2.24, 2.45) is 0 Å². The van der Waals surface area contributed by atoms with Crippen molar-refractivity contribution >= 4 is 6.03 Å². The van der Waals surface area contributed by atoms with E-state index in [4.69, 9.17) is 4.74 Å². The van der Waals surface area contributed by atoms with E-state index in [0.29, 0.717) is 13.1 Å². The molecule has 0 unspecified atom stereocenters. The van der Waals surface area contributed by atoms with Gasteiger partial charge in [0, 0.05) is 38.6 Å². The number of amides is 2. The lowest BCUT2D eigenvalue weighted by Gasteiger charge is -2.26. The molecule has 0 atom stereocenters. The highest BCUT2D eigenvalue weighted by Gasteiger charge is 2.09. The van der Waals surface area contributed by atoms with E-state index in [1.165, 1.54) is 0 Å². The first-order valence-electron chi connectivity index (χ1n) is 7.05. The number of urea groups is 1. The normalized spacial score (nSPS) is 15.8. The molecular formula is C14H22N4O2. The fraction of sp³-hybridized carbons (Fsp3) is 0.571. The standard InChI is InChI=1S/C14H22N4O2/c19-14(17-12-13-2-5-15-6-3-13)16-4-1-7-18-8-10-20-11-9-18/h2-3,5-6H,1,4,7-12H2,(H2,16,17,19). The van der Waals surface area contributed by atoms with Gasteiger partial charge in [0.25, 0.3) is 0 Å². The predicted molar refractivity (Wildman–Crippen MR) is 76.4 cm³/mol. The fourth-order valence-electron chi connectivity index (χ4n) is 2.07. The predicted octanol–water partition coefficient (Wildman–Crippen LogP) is 0.603. The first kappa shape index (κ1) is 14.7. The molecule has 0 saturated carbocycles. The number of aromatic nitrogens is 1. The summed E-state index contributed by atoms with van der Waals surface area (Å²) < 4.78 is 5.29. The largest absolute Gasteiger partial charge is 0.379 e. The van der Waals surface area contributed by atoms with E-state index in [9.17, 15) is 4.79 Å². The molecule has 2 N–H and O–H groups in total. The molecule has 0 bridgehead atoms. The Kier molecular flexibility index (Phi) is 6.26. The van der Waals surface area contributed by atoms with Crippen LogP contribution in [0.3, 0.4) is 0 Å². The second-order valence-electron chi connectivity index (χ2n) is 4.77. The molecule has 6 heteroatoms. The zero-order valence-corrected chi connectivity index (χ0v) is 11.7. The number of morpholine rings is 1. The van der Waals surface area contributed by atoms with Crippen LogP contribution in [0.4, 0.5) is 4.79 Å². The average Bonchev–Trinajstić information content (AvgIpc) is 2.52. The summed E-state index contributed by atoms with van der Waals surface area (Å²) in [7, 11) is 0. The summed E-state index contributed by atoms with van der Waals surface area (Å²) in [6, 6.07) is 3.65. The lowest BCUT2D eigenvalue weighted by Crippen LogP contribution is -2.39. The van der Waals surface area contributed by atoms with Crippen molar-refractivity contribution in [2.45, 2.75) is 13.0 Å². The molecule has 0 spiro atoms. The number of carbonyl (C=O) groups excluding carboxylic acids is 1. The fourth-order valence-corrected chi connectivity index (χ4v) is 2.07. The molecule has 110 valence electrons.